The monoisotopic (exact) mass is 307 g/mol. The maximum absolute atomic E-state index is 12.4. The average molecular weight is 308 g/mol. The van der Waals surface area contributed by atoms with E-state index in [1.54, 1.807) is 12.1 Å². The number of nitrogens with one attached hydrogen (secondary N) is 1. The Morgan fingerprint density at radius 3 is 2.67 bits per heavy atom. The van der Waals surface area contributed by atoms with Gasteiger partial charge < -0.3 is 10.4 Å². The molecule has 1 aromatic rings. The molecular weight excluding hydrogens is 290 g/mol. The van der Waals surface area contributed by atoms with Crippen LogP contribution in [0.3, 0.4) is 0 Å². The van der Waals surface area contributed by atoms with E-state index in [0.717, 1.165) is 24.8 Å². The highest BCUT2D eigenvalue weighted by Gasteiger charge is 2.51. The van der Waals surface area contributed by atoms with Crippen molar-refractivity contribution >= 4 is 23.5 Å². The molecule has 2 N–H and O–H groups in total. The lowest BCUT2D eigenvalue weighted by Gasteiger charge is -2.29. The van der Waals surface area contributed by atoms with Crippen LogP contribution < -0.4 is 5.32 Å². The van der Waals surface area contributed by atoms with Crippen molar-refractivity contribution in [1.29, 1.82) is 0 Å². The number of benzene rings is 1. The van der Waals surface area contributed by atoms with Crippen LogP contribution in [0.1, 0.15) is 35.2 Å². The van der Waals surface area contributed by atoms with Crippen LogP contribution in [-0.4, -0.2) is 23.0 Å². The Labute approximate surface area is 128 Å². The second kappa shape index (κ2) is 5.34. The van der Waals surface area contributed by atoms with Crippen molar-refractivity contribution in [2.75, 3.05) is 0 Å². The van der Waals surface area contributed by atoms with Crippen LogP contribution in [-0.2, 0) is 4.79 Å². The second-order valence-electron chi connectivity index (χ2n) is 6.18. The predicted octanol–water partition coefficient (Wildman–Crippen LogP) is 2.88. The van der Waals surface area contributed by atoms with Crippen molar-refractivity contribution in [3.8, 4) is 0 Å². The molecule has 0 saturated heterocycles. The third-order valence-electron chi connectivity index (χ3n) is 4.87. The summed E-state index contributed by atoms with van der Waals surface area (Å²) in [6.07, 6.45) is 2.86. The number of halogens is 1. The lowest BCUT2D eigenvalue weighted by Crippen LogP contribution is -2.46. The van der Waals surface area contributed by atoms with Gasteiger partial charge in [-0.15, -0.1) is 0 Å². The minimum absolute atomic E-state index is 0.200. The number of carbonyl (C=O) groups excluding carboxylic acids is 1. The van der Waals surface area contributed by atoms with Gasteiger partial charge in [0.1, 0.15) is 0 Å². The smallest absolute Gasteiger partial charge is 0.308 e. The van der Waals surface area contributed by atoms with Crippen LogP contribution in [0.25, 0.3) is 0 Å². The second-order valence-corrected chi connectivity index (χ2v) is 6.59. The molecular formula is C16H18ClNO3. The molecule has 0 aliphatic heterocycles. The van der Waals surface area contributed by atoms with E-state index in [4.69, 9.17) is 11.6 Å². The molecule has 2 saturated carbocycles. The van der Waals surface area contributed by atoms with Crippen molar-refractivity contribution in [2.45, 2.75) is 32.2 Å². The van der Waals surface area contributed by atoms with Gasteiger partial charge in [-0.05, 0) is 55.7 Å². The third-order valence-corrected chi connectivity index (χ3v) is 5.18. The fourth-order valence-electron chi connectivity index (χ4n) is 3.89. The minimum Gasteiger partial charge on any atom is -0.481 e. The number of amides is 1. The lowest BCUT2D eigenvalue weighted by atomic mass is 9.84. The van der Waals surface area contributed by atoms with Crippen LogP contribution in [0, 0.1) is 24.7 Å². The summed E-state index contributed by atoms with van der Waals surface area (Å²) in [4.78, 5) is 23.8. The number of hydrogen-bond acceptors (Lipinski definition) is 2. The summed E-state index contributed by atoms with van der Waals surface area (Å²) in [5, 5.41) is 12.7. The maximum atomic E-state index is 12.4. The zero-order valence-electron chi connectivity index (χ0n) is 11.8. The Bertz CT molecular complexity index is 601. The van der Waals surface area contributed by atoms with Crippen molar-refractivity contribution in [3.05, 3.63) is 34.3 Å². The highest BCUT2D eigenvalue weighted by Crippen LogP contribution is 2.48. The molecule has 21 heavy (non-hydrogen) atoms. The number of aryl methyl sites for hydroxylation is 1. The molecule has 3 rings (SSSR count). The topological polar surface area (TPSA) is 66.4 Å². The first-order chi connectivity index (χ1) is 9.97. The van der Waals surface area contributed by atoms with E-state index in [9.17, 15) is 14.7 Å². The van der Waals surface area contributed by atoms with E-state index in [1.165, 1.54) is 0 Å². The predicted molar refractivity (Wildman–Crippen MR) is 79.4 cm³/mol. The number of carboxylic acids is 1. The zero-order chi connectivity index (χ0) is 15.1. The van der Waals surface area contributed by atoms with Crippen molar-refractivity contribution in [2.24, 2.45) is 17.8 Å². The highest BCUT2D eigenvalue weighted by atomic mass is 35.5. The van der Waals surface area contributed by atoms with Crippen LogP contribution in [0.2, 0.25) is 5.02 Å². The van der Waals surface area contributed by atoms with Gasteiger partial charge in [0, 0.05) is 6.04 Å². The minimum atomic E-state index is -0.803. The quantitative estimate of drug-likeness (QED) is 0.902. The van der Waals surface area contributed by atoms with Gasteiger partial charge in [-0.1, -0.05) is 17.7 Å². The zero-order valence-corrected chi connectivity index (χ0v) is 12.6. The van der Waals surface area contributed by atoms with Crippen molar-refractivity contribution in [3.63, 3.8) is 0 Å². The molecule has 0 radical (unpaired) electrons. The number of hydrogen-bond donors (Lipinski definition) is 2. The van der Waals surface area contributed by atoms with Crippen LogP contribution in [0.5, 0.6) is 0 Å². The molecule has 0 heterocycles. The molecule has 5 heteroatoms. The van der Waals surface area contributed by atoms with Crippen molar-refractivity contribution in [1.82, 2.24) is 5.32 Å². The summed E-state index contributed by atoms with van der Waals surface area (Å²) in [6, 6.07) is 4.99. The normalized spacial score (nSPS) is 30.4. The molecule has 1 amide bonds. The molecule has 2 aliphatic carbocycles. The molecule has 2 bridgehead atoms. The van der Waals surface area contributed by atoms with Gasteiger partial charge in [0.2, 0.25) is 0 Å². The van der Waals surface area contributed by atoms with Gasteiger partial charge in [-0.2, -0.15) is 0 Å². The highest BCUT2D eigenvalue weighted by molar-refractivity contribution is 6.33. The lowest BCUT2D eigenvalue weighted by molar-refractivity contribution is -0.144. The molecule has 2 aliphatic rings. The van der Waals surface area contributed by atoms with Crippen LogP contribution in [0.15, 0.2) is 18.2 Å². The van der Waals surface area contributed by atoms with Crippen molar-refractivity contribution < 1.29 is 14.7 Å². The van der Waals surface area contributed by atoms with E-state index >= 15 is 0 Å². The maximum Gasteiger partial charge on any atom is 0.308 e. The number of carbonyl (C=O) groups is 2. The van der Waals surface area contributed by atoms with Gasteiger partial charge in [0.25, 0.3) is 5.91 Å². The van der Waals surface area contributed by atoms with Gasteiger partial charge in [-0.3, -0.25) is 9.59 Å². The SMILES string of the molecule is Cc1ccc(C(=O)NC2C3CCC(C3)C2C(=O)O)c(Cl)c1. The van der Waals surface area contributed by atoms with E-state index in [2.05, 4.69) is 5.32 Å². The number of aliphatic carboxylic acids is 1. The fourth-order valence-corrected chi connectivity index (χ4v) is 4.21. The molecule has 4 unspecified atom stereocenters. The summed E-state index contributed by atoms with van der Waals surface area (Å²) < 4.78 is 0. The summed E-state index contributed by atoms with van der Waals surface area (Å²) >= 11 is 6.11. The van der Waals surface area contributed by atoms with Crippen LogP contribution >= 0.6 is 11.6 Å². The molecule has 1 aromatic carbocycles. The average Bonchev–Trinajstić information content (AvgIpc) is 2.98. The Hall–Kier alpha value is -1.55. The Morgan fingerprint density at radius 1 is 1.29 bits per heavy atom. The van der Waals surface area contributed by atoms with E-state index in [0.29, 0.717) is 10.6 Å². The standard InChI is InChI=1S/C16H18ClNO3/c1-8-2-5-11(12(17)6-8)15(19)18-14-10-4-3-9(7-10)13(14)16(20)21/h2,5-6,9-10,13-14H,3-4,7H2,1H3,(H,18,19)(H,20,21). The molecule has 4 nitrogen and oxygen atoms in total. The number of fused-ring (bicyclic) bond motifs is 2. The summed E-state index contributed by atoms with van der Waals surface area (Å²) in [5.41, 5.74) is 1.40. The Balaban J connectivity index is 1.79. The van der Waals surface area contributed by atoms with Gasteiger partial charge in [0.15, 0.2) is 0 Å². The largest absolute Gasteiger partial charge is 0.481 e. The fraction of sp³-hybridized carbons (Fsp3) is 0.500. The first-order valence-electron chi connectivity index (χ1n) is 7.27. The summed E-state index contributed by atoms with van der Waals surface area (Å²) in [6.45, 7) is 1.91. The van der Waals surface area contributed by atoms with E-state index < -0.39 is 11.9 Å². The third kappa shape index (κ3) is 2.53. The molecule has 0 spiro atoms. The molecule has 112 valence electrons. The van der Waals surface area contributed by atoms with Gasteiger partial charge in [0.05, 0.1) is 16.5 Å². The first kappa shape index (κ1) is 14.4. The first-order valence-corrected chi connectivity index (χ1v) is 7.65. The number of rotatable bonds is 3. The molecule has 0 aromatic heterocycles. The molecule has 4 atom stereocenters. The van der Waals surface area contributed by atoms with E-state index in [1.807, 2.05) is 13.0 Å². The molecule has 2 fully saturated rings. The van der Waals surface area contributed by atoms with Crippen LogP contribution in [0.4, 0.5) is 0 Å². The summed E-state index contributed by atoms with van der Waals surface area (Å²) in [7, 11) is 0. The summed E-state index contributed by atoms with van der Waals surface area (Å²) in [5.74, 6) is -1.06. The Morgan fingerprint density at radius 2 is 2.00 bits per heavy atom. The Kier molecular flexibility index (Phi) is 3.66. The van der Waals surface area contributed by atoms with E-state index in [-0.39, 0.29) is 23.8 Å². The van der Waals surface area contributed by atoms with Gasteiger partial charge in [-0.25, -0.2) is 0 Å². The number of carboxylic acid groups (broad SMARTS) is 1. The van der Waals surface area contributed by atoms with Gasteiger partial charge >= 0.3 is 5.97 Å².